The van der Waals surface area contributed by atoms with Crippen LogP contribution in [0.2, 0.25) is 0 Å². The maximum Gasteiger partial charge on any atom is 0.223 e. The van der Waals surface area contributed by atoms with Gasteiger partial charge < -0.3 is 15.2 Å². The Morgan fingerprint density at radius 2 is 2.33 bits per heavy atom. The minimum absolute atomic E-state index is 0.0455. The molecule has 0 aliphatic heterocycles. The molecule has 1 aliphatic rings. The first-order valence-electron chi connectivity index (χ1n) is 6.35. The van der Waals surface area contributed by atoms with Gasteiger partial charge in [-0.25, -0.2) is 0 Å². The molecular formula is C14H19NO3. The molecule has 0 unspecified atom stereocenters. The number of amides is 1. The van der Waals surface area contributed by atoms with Gasteiger partial charge in [0.25, 0.3) is 0 Å². The minimum Gasteiger partial charge on any atom is -0.493 e. The Kier molecular flexibility index (Phi) is 4.20. The van der Waals surface area contributed by atoms with Crippen LogP contribution in [0.1, 0.15) is 37.9 Å². The number of carbonyl (C=O) groups is 1. The van der Waals surface area contributed by atoms with Gasteiger partial charge in [-0.3, -0.25) is 4.79 Å². The summed E-state index contributed by atoms with van der Waals surface area (Å²) in [4.78, 5) is 11.4. The lowest BCUT2D eigenvalue weighted by atomic mass is 10.1. The fourth-order valence-electron chi connectivity index (χ4n) is 1.65. The molecule has 1 fully saturated rings. The summed E-state index contributed by atoms with van der Waals surface area (Å²) >= 11 is 0. The van der Waals surface area contributed by atoms with Crippen molar-refractivity contribution >= 4 is 5.91 Å². The Hall–Kier alpha value is -1.55. The highest BCUT2D eigenvalue weighted by atomic mass is 16.5. The predicted octanol–water partition coefficient (Wildman–Crippen LogP) is 1.79. The van der Waals surface area contributed by atoms with E-state index in [0.29, 0.717) is 24.8 Å². The molecule has 4 heteroatoms. The number of hydrogen-bond donors (Lipinski definition) is 2. The van der Waals surface area contributed by atoms with Crippen molar-refractivity contribution in [1.29, 1.82) is 0 Å². The predicted molar refractivity (Wildman–Crippen MR) is 68.4 cm³/mol. The molecule has 1 atom stereocenters. The molecular weight excluding hydrogens is 230 g/mol. The van der Waals surface area contributed by atoms with Gasteiger partial charge in [0, 0.05) is 6.04 Å². The number of nitrogens with one attached hydrogen (secondary N) is 1. The SMILES string of the molecule is C[C@H](O)c1cccc(OCCC(=O)NC2CC2)c1. The zero-order valence-corrected chi connectivity index (χ0v) is 10.6. The van der Waals surface area contributed by atoms with Crippen molar-refractivity contribution in [2.75, 3.05) is 6.61 Å². The number of aliphatic hydroxyl groups is 1. The Morgan fingerprint density at radius 1 is 1.56 bits per heavy atom. The lowest BCUT2D eigenvalue weighted by molar-refractivity contribution is -0.121. The first-order chi connectivity index (χ1) is 8.65. The van der Waals surface area contributed by atoms with Crippen LogP contribution in [0.15, 0.2) is 24.3 Å². The third kappa shape index (κ3) is 4.04. The highest BCUT2D eigenvalue weighted by molar-refractivity contribution is 5.76. The van der Waals surface area contributed by atoms with Gasteiger partial charge in [0.1, 0.15) is 5.75 Å². The molecule has 0 aromatic heterocycles. The quantitative estimate of drug-likeness (QED) is 0.808. The topological polar surface area (TPSA) is 58.6 Å². The van der Waals surface area contributed by atoms with E-state index in [1.807, 2.05) is 18.2 Å². The van der Waals surface area contributed by atoms with E-state index in [2.05, 4.69) is 5.32 Å². The van der Waals surface area contributed by atoms with Crippen molar-refractivity contribution in [3.63, 3.8) is 0 Å². The number of benzene rings is 1. The molecule has 2 N–H and O–H groups in total. The molecule has 98 valence electrons. The Morgan fingerprint density at radius 3 is 3.00 bits per heavy atom. The lowest BCUT2D eigenvalue weighted by Crippen LogP contribution is -2.26. The van der Waals surface area contributed by atoms with E-state index >= 15 is 0 Å². The van der Waals surface area contributed by atoms with Crippen LogP contribution in [0.3, 0.4) is 0 Å². The van der Waals surface area contributed by atoms with Crippen LogP contribution in [-0.2, 0) is 4.79 Å². The van der Waals surface area contributed by atoms with Gasteiger partial charge in [-0.15, -0.1) is 0 Å². The minimum atomic E-state index is -0.508. The average molecular weight is 249 g/mol. The number of rotatable bonds is 6. The van der Waals surface area contributed by atoms with Crippen LogP contribution in [-0.4, -0.2) is 23.7 Å². The van der Waals surface area contributed by atoms with Gasteiger partial charge in [-0.1, -0.05) is 12.1 Å². The fraction of sp³-hybridized carbons (Fsp3) is 0.500. The van der Waals surface area contributed by atoms with Gasteiger partial charge >= 0.3 is 0 Å². The molecule has 1 aromatic carbocycles. The molecule has 2 rings (SSSR count). The van der Waals surface area contributed by atoms with Crippen LogP contribution in [0.4, 0.5) is 0 Å². The summed E-state index contributed by atoms with van der Waals surface area (Å²) in [5.74, 6) is 0.733. The van der Waals surface area contributed by atoms with E-state index < -0.39 is 6.10 Å². The first kappa shape index (κ1) is 12.9. The third-order valence-electron chi connectivity index (χ3n) is 2.88. The second kappa shape index (κ2) is 5.87. The van der Waals surface area contributed by atoms with E-state index in [0.717, 1.165) is 18.4 Å². The summed E-state index contributed by atoms with van der Waals surface area (Å²) in [6.45, 7) is 2.07. The van der Waals surface area contributed by atoms with Gasteiger partial charge in [-0.2, -0.15) is 0 Å². The number of ether oxygens (including phenoxy) is 1. The Bertz CT molecular complexity index is 413. The highest BCUT2D eigenvalue weighted by Crippen LogP contribution is 2.20. The highest BCUT2D eigenvalue weighted by Gasteiger charge is 2.22. The van der Waals surface area contributed by atoms with Gasteiger partial charge in [-0.05, 0) is 37.5 Å². The first-order valence-corrected chi connectivity index (χ1v) is 6.35. The monoisotopic (exact) mass is 249 g/mol. The molecule has 1 saturated carbocycles. The molecule has 1 aliphatic carbocycles. The largest absolute Gasteiger partial charge is 0.493 e. The molecule has 0 spiro atoms. The number of hydrogen-bond acceptors (Lipinski definition) is 3. The van der Waals surface area contributed by atoms with Gasteiger partial charge in [0.15, 0.2) is 0 Å². The zero-order chi connectivity index (χ0) is 13.0. The van der Waals surface area contributed by atoms with Crippen molar-refractivity contribution in [3.05, 3.63) is 29.8 Å². The summed E-state index contributed by atoms with van der Waals surface area (Å²) < 4.78 is 5.50. The summed E-state index contributed by atoms with van der Waals surface area (Å²) in [5, 5.41) is 12.4. The van der Waals surface area contributed by atoms with Crippen LogP contribution >= 0.6 is 0 Å². The summed E-state index contributed by atoms with van der Waals surface area (Å²) in [6.07, 6.45) is 2.06. The van der Waals surface area contributed by atoms with Crippen molar-refractivity contribution in [2.24, 2.45) is 0 Å². The number of aliphatic hydroxyl groups excluding tert-OH is 1. The number of carbonyl (C=O) groups excluding carboxylic acids is 1. The maximum atomic E-state index is 11.4. The van der Waals surface area contributed by atoms with E-state index in [1.165, 1.54) is 0 Å². The normalized spacial score (nSPS) is 16.1. The standard InChI is InChI=1S/C14H19NO3/c1-10(16)11-3-2-4-13(9-11)18-8-7-14(17)15-12-5-6-12/h2-4,9-10,12,16H,5-8H2,1H3,(H,15,17)/t10-/m0/s1. The smallest absolute Gasteiger partial charge is 0.223 e. The Balaban J connectivity index is 1.75. The molecule has 1 aromatic rings. The second-order valence-electron chi connectivity index (χ2n) is 4.69. The third-order valence-corrected chi connectivity index (χ3v) is 2.88. The van der Waals surface area contributed by atoms with Crippen molar-refractivity contribution in [2.45, 2.75) is 38.3 Å². The Labute approximate surface area is 107 Å². The fourth-order valence-corrected chi connectivity index (χ4v) is 1.65. The molecule has 0 heterocycles. The molecule has 0 radical (unpaired) electrons. The molecule has 4 nitrogen and oxygen atoms in total. The second-order valence-corrected chi connectivity index (χ2v) is 4.69. The van der Waals surface area contributed by atoms with E-state index in [4.69, 9.17) is 4.74 Å². The summed E-state index contributed by atoms with van der Waals surface area (Å²) in [5.41, 5.74) is 0.815. The van der Waals surface area contributed by atoms with Gasteiger partial charge in [0.2, 0.25) is 5.91 Å². The molecule has 1 amide bonds. The van der Waals surface area contributed by atoms with Crippen molar-refractivity contribution < 1.29 is 14.6 Å². The van der Waals surface area contributed by atoms with Crippen LogP contribution in [0.25, 0.3) is 0 Å². The van der Waals surface area contributed by atoms with E-state index in [-0.39, 0.29) is 5.91 Å². The van der Waals surface area contributed by atoms with Crippen LogP contribution in [0, 0.1) is 0 Å². The zero-order valence-electron chi connectivity index (χ0n) is 10.6. The maximum absolute atomic E-state index is 11.4. The molecule has 0 saturated heterocycles. The van der Waals surface area contributed by atoms with Gasteiger partial charge in [0.05, 0.1) is 19.1 Å². The molecule has 0 bridgehead atoms. The summed E-state index contributed by atoms with van der Waals surface area (Å²) in [7, 11) is 0. The molecule has 18 heavy (non-hydrogen) atoms. The van der Waals surface area contributed by atoms with Crippen molar-refractivity contribution in [1.82, 2.24) is 5.32 Å². The summed E-state index contributed by atoms with van der Waals surface area (Å²) in [6, 6.07) is 7.70. The lowest BCUT2D eigenvalue weighted by Gasteiger charge is -2.09. The van der Waals surface area contributed by atoms with Crippen molar-refractivity contribution in [3.8, 4) is 5.75 Å². The van der Waals surface area contributed by atoms with E-state index in [1.54, 1.807) is 13.0 Å². The van der Waals surface area contributed by atoms with E-state index in [9.17, 15) is 9.90 Å². The van der Waals surface area contributed by atoms with Crippen LogP contribution < -0.4 is 10.1 Å². The average Bonchev–Trinajstić information content (AvgIpc) is 3.13. The van der Waals surface area contributed by atoms with Crippen LogP contribution in [0.5, 0.6) is 5.75 Å².